The third-order valence-electron chi connectivity index (χ3n) is 3.33. The molecule has 0 atom stereocenters. The van der Waals surface area contributed by atoms with Gasteiger partial charge in [0.15, 0.2) is 0 Å². The molecule has 8 heteroatoms. The highest BCUT2D eigenvalue weighted by Gasteiger charge is 2.30. The zero-order valence-electron chi connectivity index (χ0n) is 12.7. The van der Waals surface area contributed by atoms with Crippen molar-refractivity contribution in [3.8, 4) is 5.69 Å². The van der Waals surface area contributed by atoms with E-state index in [4.69, 9.17) is 0 Å². The molecular weight excluding hydrogens is 309 g/mol. The summed E-state index contributed by atoms with van der Waals surface area (Å²) in [6, 6.07) is 4.82. The summed E-state index contributed by atoms with van der Waals surface area (Å²) in [6.07, 6.45) is -3.07. The van der Waals surface area contributed by atoms with Crippen molar-refractivity contribution in [3.63, 3.8) is 0 Å². The molecule has 124 valence electrons. The maximum Gasteiger partial charge on any atom is 0.416 e. The van der Waals surface area contributed by atoms with Gasteiger partial charge in [0, 0.05) is 13.1 Å². The SMILES string of the molecule is CNCCNC(=O)c1cnn(-c2cccc(C(F)(F)F)c2)c1C. The number of alkyl halides is 3. The second-order valence-corrected chi connectivity index (χ2v) is 4.96. The monoisotopic (exact) mass is 326 g/mol. The molecule has 0 radical (unpaired) electrons. The number of carbonyl (C=O) groups is 1. The molecule has 1 aromatic heterocycles. The third-order valence-corrected chi connectivity index (χ3v) is 3.33. The number of amides is 1. The first-order valence-corrected chi connectivity index (χ1v) is 6.99. The number of likely N-dealkylation sites (N-methyl/N-ethyl adjacent to an activating group) is 1. The van der Waals surface area contributed by atoms with Crippen molar-refractivity contribution in [2.24, 2.45) is 0 Å². The summed E-state index contributed by atoms with van der Waals surface area (Å²) in [5.74, 6) is -0.309. The molecule has 1 aromatic carbocycles. The fourth-order valence-electron chi connectivity index (χ4n) is 2.10. The quantitative estimate of drug-likeness (QED) is 0.828. The van der Waals surface area contributed by atoms with Crippen molar-refractivity contribution < 1.29 is 18.0 Å². The van der Waals surface area contributed by atoms with E-state index >= 15 is 0 Å². The van der Waals surface area contributed by atoms with E-state index in [1.165, 1.54) is 23.0 Å². The number of benzene rings is 1. The second-order valence-electron chi connectivity index (χ2n) is 4.96. The lowest BCUT2D eigenvalue weighted by Gasteiger charge is -2.10. The summed E-state index contributed by atoms with van der Waals surface area (Å²) in [4.78, 5) is 12.0. The molecule has 0 aliphatic carbocycles. The minimum Gasteiger partial charge on any atom is -0.351 e. The van der Waals surface area contributed by atoms with E-state index in [0.29, 0.717) is 24.3 Å². The van der Waals surface area contributed by atoms with Gasteiger partial charge in [-0.3, -0.25) is 4.79 Å². The molecule has 0 spiro atoms. The summed E-state index contributed by atoms with van der Waals surface area (Å²) >= 11 is 0. The van der Waals surface area contributed by atoms with Gasteiger partial charge in [-0.05, 0) is 32.2 Å². The number of nitrogens with zero attached hydrogens (tertiary/aromatic N) is 2. The molecule has 1 amide bonds. The van der Waals surface area contributed by atoms with Crippen LogP contribution in [0.4, 0.5) is 13.2 Å². The molecule has 2 aromatic rings. The predicted molar refractivity (Wildman–Crippen MR) is 79.6 cm³/mol. The van der Waals surface area contributed by atoms with E-state index in [0.717, 1.165) is 12.1 Å². The van der Waals surface area contributed by atoms with Crippen molar-refractivity contribution in [2.75, 3.05) is 20.1 Å². The molecule has 0 saturated carbocycles. The number of nitrogens with one attached hydrogen (secondary N) is 2. The molecule has 0 saturated heterocycles. The number of hydrogen-bond donors (Lipinski definition) is 2. The van der Waals surface area contributed by atoms with E-state index < -0.39 is 11.7 Å². The van der Waals surface area contributed by atoms with Gasteiger partial charge in [0.25, 0.3) is 5.91 Å². The Morgan fingerprint density at radius 1 is 1.30 bits per heavy atom. The highest BCUT2D eigenvalue weighted by molar-refractivity contribution is 5.95. The summed E-state index contributed by atoms with van der Waals surface area (Å²) in [6.45, 7) is 2.70. The van der Waals surface area contributed by atoms with Crippen LogP contribution >= 0.6 is 0 Å². The summed E-state index contributed by atoms with van der Waals surface area (Å²) in [5, 5.41) is 9.64. The van der Waals surface area contributed by atoms with E-state index in [2.05, 4.69) is 15.7 Å². The molecule has 0 unspecified atom stereocenters. The summed E-state index contributed by atoms with van der Waals surface area (Å²) < 4.78 is 39.7. The average molecular weight is 326 g/mol. The van der Waals surface area contributed by atoms with Crippen LogP contribution in [-0.4, -0.2) is 35.8 Å². The highest BCUT2D eigenvalue weighted by Crippen LogP contribution is 2.30. The maximum absolute atomic E-state index is 12.8. The van der Waals surface area contributed by atoms with Gasteiger partial charge in [-0.15, -0.1) is 0 Å². The second kappa shape index (κ2) is 6.82. The Hall–Kier alpha value is -2.35. The zero-order chi connectivity index (χ0) is 17.0. The van der Waals surface area contributed by atoms with Gasteiger partial charge < -0.3 is 10.6 Å². The number of halogens is 3. The first-order chi connectivity index (χ1) is 10.8. The van der Waals surface area contributed by atoms with Gasteiger partial charge in [-0.2, -0.15) is 18.3 Å². The van der Waals surface area contributed by atoms with Crippen LogP contribution in [0, 0.1) is 6.92 Å². The molecule has 2 N–H and O–H groups in total. The smallest absolute Gasteiger partial charge is 0.351 e. The van der Waals surface area contributed by atoms with Crippen molar-refractivity contribution in [3.05, 3.63) is 47.3 Å². The van der Waals surface area contributed by atoms with Crippen LogP contribution in [-0.2, 0) is 6.18 Å². The Bertz CT molecular complexity index is 694. The van der Waals surface area contributed by atoms with E-state index in [9.17, 15) is 18.0 Å². The number of hydrogen-bond acceptors (Lipinski definition) is 3. The highest BCUT2D eigenvalue weighted by atomic mass is 19.4. The molecule has 5 nitrogen and oxygen atoms in total. The zero-order valence-corrected chi connectivity index (χ0v) is 12.7. The largest absolute Gasteiger partial charge is 0.416 e. The first kappa shape index (κ1) is 17.0. The van der Waals surface area contributed by atoms with Crippen molar-refractivity contribution in [1.82, 2.24) is 20.4 Å². The Labute approximate surface area is 131 Å². The number of carbonyl (C=O) groups excluding carboxylic acids is 1. The van der Waals surface area contributed by atoms with E-state index in [-0.39, 0.29) is 11.6 Å². The summed E-state index contributed by atoms with van der Waals surface area (Å²) in [7, 11) is 1.77. The van der Waals surface area contributed by atoms with Crippen LogP contribution in [0.2, 0.25) is 0 Å². The standard InChI is InChI=1S/C15H17F3N4O/c1-10-13(14(23)20-7-6-19-2)9-21-22(10)12-5-3-4-11(8-12)15(16,17)18/h3-5,8-9,19H,6-7H2,1-2H3,(H,20,23). The van der Waals surface area contributed by atoms with Crippen LogP contribution in [0.3, 0.4) is 0 Å². The number of aromatic nitrogens is 2. The van der Waals surface area contributed by atoms with Gasteiger partial charge >= 0.3 is 6.18 Å². The maximum atomic E-state index is 12.8. The Balaban J connectivity index is 2.27. The van der Waals surface area contributed by atoms with Gasteiger partial charge in [0.2, 0.25) is 0 Å². The summed E-state index contributed by atoms with van der Waals surface area (Å²) in [5.41, 5.74) is 0.307. The average Bonchev–Trinajstić information content (AvgIpc) is 2.88. The fourth-order valence-corrected chi connectivity index (χ4v) is 2.10. The van der Waals surface area contributed by atoms with Crippen LogP contribution in [0.25, 0.3) is 5.69 Å². The fraction of sp³-hybridized carbons (Fsp3) is 0.333. The predicted octanol–water partition coefficient (Wildman–Crippen LogP) is 2.15. The molecule has 0 bridgehead atoms. The molecule has 0 aliphatic heterocycles. The van der Waals surface area contributed by atoms with Crippen molar-refractivity contribution in [2.45, 2.75) is 13.1 Å². The van der Waals surface area contributed by atoms with Crippen LogP contribution in [0.15, 0.2) is 30.5 Å². The van der Waals surface area contributed by atoms with E-state index in [1.54, 1.807) is 14.0 Å². The normalized spacial score (nSPS) is 11.5. The minimum atomic E-state index is -4.43. The Kier molecular flexibility index (Phi) is 5.05. The Morgan fingerprint density at radius 2 is 2.04 bits per heavy atom. The topological polar surface area (TPSA) is 58.9 Å². The van der Waals surface area contributed by atoms with E-state index in [1.807, 2.05) is 0 Å². The lowest BCUT2D eigenvalue weighted by Crippen LogP contribution is -2.30. The number of rotatable bonds is 5. The van der Waals surface area contributed by atoms with Crippen LogP contribution in [0.5, 0.6) is 0 Å². The third kappa shape index (κ3) is 3.89. The first-order valence-electron chi connectivity index (χ1n) is 6.99. The van der Waals surface area contributed by atoms with Crippen molar-refractivity contribution in [1.29, 1.82) is 0 Å². The Morgan fingerprint density at radius 3 is 2.70 bits per heavy atom. The lowest BCUT2D eigenvalue weighted by molar-refractivity contribution is -0.137. The van der Waals surface area contributed by atoms with Gasteiger partial charge in [0.1, 0.15) is 0 Å². The minimum absolute atomic E-state index is 0.256. The van der Waals surface area contributed by atoms with Crippen LogP contribution in [0.1, 0.15) is 21.6 Å². The molecule has 0 fully saturated rings. The molecule has 2 rings (SSSR count). The molecule has 0 aliphatic rings. The van der Waals surface area contributed by atoms with Crippen molar-refractivity contribution >= 4 is 5.91 Å². The van der Waals surface area contributed by atoms with Gasteiger partial charge in [-0.1, -0.05) is 6.07 Å². The van der Waals surface area contributed by atoms with Gasteiger partial charge in [-0.25, -0.2) is 4.68 Å². The lowest BCUT2D eigenvalue weighted by atomic mass is 10.2. The molecule has 1 heterocycles. The van der Waals surface area contributed by atoms with Gasteiger partial charge in [0.05, 0.1) is 28.7 Å². The molecule has 23 heavy (non-hydrogen) atoms. The molecular formula is C15H17F3N4O. The van der Waals surface area contributed by atoms with Crippen LogP contribution < -0.4 is 10.6 Å².